The van der Waals surface area contributed by atoms with E-state index in [9.17, 15) is 9.18 Å². The van der Waals surface area contributed by atoms with Gasteiger partial charge >= 0.3 is 6.09 Å². The monoisotopic (exact) mass is 413 g/mol. The van der Waals surface area contributed by atoms with Crippen LogP contribution in [0.25, 0.3) is 21.9 Å². The zero-order valence-corrected chi connectivity index (χ0v) is 16.9. The van der Waals surface area contributed by atoms with Crippen molar-refractivity contribution in [3.05, 3.63) is 28.1 Å². The molecule has 0 radical (unpaired) electrons. The number of carbonyl (C=O) groups excluding carboxylic acids is 1. The number of carbonyl (C=O) groups is 1. The summed E-state index contributed by atoms with van der Waals surface area (Å²) in [6.45, 7) is 5.24. The number of nitrogens with zero attached hydrogens (tertiary/aromatic N) is 2. The van der Waals surface area contributed by atoms with Crippen molar-refractivity contribution in [3.63, 3.8) is 0 Å². The molecule has 0 aliphatic heterocycles. The highest BCUT2D eigenvalue weighted by atomic mass is 35.5. The summed E-state index contributed by atoms with van der Waals surface area (Å²) in [7, 11) is 2.84. The van der Waals surface area contributed by atoms with Crippen molar-refractivity contribution in [2.45, 2.75) is 26.4 Å². The normalized spacial score (nSPS) is 11.9. The van der Waals surface area contributed by atoms with Gasteiger partial charge in [-0.3, -0.25) is 4.90 Å². The number of anilines is 1. The number of ether oxygens (including phenoxy) is 2. The Morgan fingerprint density at radius 1 is 1.30 bits per heavy atom. The topological polar surface area (TPSA) is 67.4 Å². The number of hydrogen-bond donors (Lipinski definition) is 1. The second kappa shape index (κ2) is 6.73. The Morgan fingerprint density at radius 2 is 1.96 bits per heavy atom. The second-order valence-electron chi connectivity index (χ2n) is 6.97. The summed E-state index contributed by atoms with van der Waals surface area (Å²) in [5.41, 5.74) is 0.368. The summed E-state index contributed by atoms with van der Waals surface area (Å²) >= 11 is 12.4. The zero-order valence-electron chi connectivity index (χ0n) is 15.4. The first-order chi connectivity index (χ1) is 12.5. The second-order valence-corrected chi connectivity index (χ2v) is 7.75. The Hall–Kier alpha value is -2.25. The fourth-order valence-corrected chi connectivity index (χ4v) is 3.16. The molecule has 0 fully saturated rings. The van der Waals surface area contributed by atoms with Gasteiger partial charge in [0.05, 0.1) is 39.1 Å². The molecule has 2 heterocycles. The number of H-pyrrole nitrogens is 1. The van der Waals surface area contributed by atoms with E-state index >= 15 is 0 Å². The highest BCUT2D eigenvalue weighted by Crippen LogP contribution is 2.43. The molecule has 0 aliphatic rings. The molecule has 0 saturated heterocycles. The molecule has 0 aliphatic carbocycles. The Kier molecular flexibility index (Phi) is 4.86. The van der Waals surface area contributed by atoms with Crippen LogP contribution in [-0.4, -0.2) is 35.8 Å². The average molecular weight is 414 g/mol. The predicted molar refractivity (Wildman–Crippen MR) is 105 cm³/mol. The van der Waals surface area contributed by atoms with Gasteiger partial charge in [0.25, 0.3) is 0 Å². The van der Waals surface area contributed by atoms with E-state index < -0.39 is 17.5 Å². The van der Waals surface area contributed by atoms with Gasteiger partial charge in [-0.15, -0.1) is 0 Å². The van der Waals surface area contributed by atoms with E-state index in [0.29, 0.717) is 21.9 Å². The van der Waals surface area contributed by atoms with Gasteiger partial charge in [0.2, 0.25) is 0 Å². The van der Waals surface area contributed by atoms with Crippen LogP contribution in [0.2, 0.25) is 10.0 Å². The number of halogens is 3. The lowest BCUT2D eigenvalue weighted by molar-refractivity contribution is 0.0589. The standard InChI is InChI=1S/C18H18Cl2FN3O3/c1-18(2,3)27-17(25)24(4)10-6-9(21)15(26-5)12-11-13(20)8(19)7-22-16(11)23-14(10)12/h6-7H,1-5H3,(H,22,23). The van der Waals surface area contributed by atoms with Gasteiger partial charge in [-0.05, 0) is 20.8 Å². The van der Waals surface area contributed by atoms with Crippen LogP contribution in [-0.2, 0) is 4.74 Å². The molecule has 2 aromatic heterocycles. The number of hydrogen-bond acceptors (Lipinski definition) is 4. The van der Waals surface area contributed by atoms with Crippen molar-refractivity contribution in [1.29, 1.82) is 0 Å². The minimum atomic E-state index is -0.700. The molecule has 0 bridgehead atoms. The minimum Gasteiger partial charge on any atom is -0.493 e. The smallest absolute Gasteiger partial charge is 0.414 e. The summed E-state index contributed by atoms with van der Waals surface area (Å²) in [5.74, 6) is -0.684. The molecule has 1 amide bonds. The van der Waals surface area contributed by atoms with Crippen molar-refractivity contribution in [1.82, 2.24) is 9.97 Å². The number of fused-ring (bicyclic) bond motifs is 3. The van der Waals surface area contributed by atoms with E-state index in [0.717, 1.165) is 0 Å². The van der Waals surface area contributed by atoms with Gasteiger partial charge in [-0.25, -0.2) is 14.2 Å². The third kappa shape index (κ3) is 3.37. The Bertz CT molecular complexity index is 1060. The van der Waals surface area contributed by atoms with Crippen LogP contribution in [0.4, 0.5) is 14.9 Å². The third-order valence-electron chi connectivity index (χ3n) is 3.91. The van der Waals surface area contributed by atoms with Gasteiger partial charge < -0.3 is 14.5 Å². The lowest BCUT2D eigenvalue weighted by Gasteiger charge is -2.25. The molecular weight excluding hydrogens is 396 g/mol. The minimum absolute atomic E-state index is 0.0245. The van der Waals surface area contributed by atoms with Crippen molar-refractivity contribution in [2.24, 2.45) is 0 Å². The number of rotatable bonds is 2. The molecule has 27 heavy (non-hydrogen) atoms. The molecule has 3 aromatic rings. The van der Waals surface area contributed by atoms with Crippen LogP contribution >= 0.6 is 23.2 Å². The molecule has 0 atom stereocenters. The van der Waals surface area contributed by atoms with Crippen molar-refractivity contribution >= 4 is 56.9 Å². The molecule has 6 nitrogen and oxygen atoms in total. The van der Waals surface area contributed by atoms with Crippen LogP contribution in [0.15, 0.2) is 12.3 Å². The summed E-state index contributed by atoms with van der Waals surface area (Å²) in [6.07, 6.45) is 0.755. The molecule has 0 unspecified atom stereocenters. The molecule has 0 spiro atoms. The van der Waals surface area contributed by atoms with Crippen LogP contribution in [0.3, 0.4) is 0 Å². The predicted octanol–water partition coefficient (Wildman–Crippen LogP) is 5.54. The molecule has 0 saturated carbocycles. The lowest BCUT2D eigenvalue weighted by Crippen LogP contribution is -2.34. The first-order valence-electron chi connectivity index (χ1n) is 8.03. The maximum Gasteiger partial charge on any atom is 0.414 e. The van der Waals surface area contributed by atoms with Gasteiger partial charge in [0.1, 0.15) is 11.2 Å². The summed E-state index contributed by atoms with van der Waals surface area (Å²) in [5, 5.41) is 1.19. The van der Waals surface area contributed by atoms with Gasteiger partial charge in [0.15, 0.2) is 11.6 Å². The van der Waals surface area contributed by atoms with Crippen LogP contribution in [0, 0.1) is 5.82 Å². The SMILES string of the molecule is COc1c(F)cc(N(C)C(=O)OC(C)(C)C)c2[nH]c3ncc(Cl)c(Cl)c3c12. The maximum absolute atomic E-state index is 14.8. The third-order valence-corrected chi connectivity index (χ3v) is 4.69. The first kappa shape index (κ1) is 19.5. The Balaban J connectivity index is 2.32. The van der Waals surface area contributed by atoms with E-state index in [1.54, 1.807) is 20.8 Å². The van der Waals surface area contributed by atoms with Crippen molar-refractivity contribution in [2.75, 3.05) is 19.1 Å². The highest BCUT2D eigenvalue weighted by molar-refractivity contribution is 6.46. The van der Waals surface area contributed by atoms with E-state index in [4.69, 9.17) is 32.7 Å². The number of aromatic amines is 1. The molecule has 3 rings (SSSR count). The maximum atomic E-state index is 14.8. The number of nitrogens with one attached hydrogen (secondary N) is 1. The van der Waals surface area contributed by atoms with Crippen LogP contribution in [0.1, 0.15) is 20.8 Å². The molecule has 1 N–H and O–H groups in total. The van der Waals surface area contributed by atoms with E-state index in [2.05, 4.69) is 9.97 Å². The van der Waals surface area contributed by atoms with Gasteiger partial charge in [-0.2, -0.15) is 0 Å². The fourth-order valence-electron chi connectivity index (χ4n) is 2.78. The van der Waals surface area contributed by atoms with E-state index in [-0.39, 0.29) is 21.5 Å². The Morgan fingerprint density at radius 3 is 2.56 bits per heavy atom. The number of aromatic nitrogens is 2. The summed E-state index contributed by atoms with van der Waals surface area (Å²) in [4.78, 5) is 21.0. The molecule has 1 aromatic carbocycles. The fraction of sp³-hybridized carbons (Fsp3) is 0.333. The average Bonchev–Trinajstić information content (AvgIpc) is 2.95. The highest BCUT2D eigenvalue weighted by Gasteiger charge is 2.27. The summed E-state index contributed by atoms with van der Waals surface area (Å²) in [6, 6.07) is 1.19. The largest absolute Gasteiger partial charge is 0.493 e. The number of pyridine rings is 1. The van der Waals surface area contributed by atoms with Crippen molar-refractivity contribution in [3.8, 4) is 5.75 Å². The number of benzene rings is 1. The Labute approximate surface area is 165 Å². The lowest BCUT2D eigenvalue weighted by atomic mass is 10.1. The quantitative estimate of drug-likeness (QED) is 0.598. The zero-order chi connectivity index (χ0) is 20.1. The van der Waals surface area contributed by atoms with Crippen LogP contribution in [0.5, 0.6) is 5.75 Å². The van der Waals surface area contributed by atoms with Crippen molar-refractivity contribution < 1.29 is 18.7 Å². The molecule has 9 heteroatoms. The van der Waals surface area contributed by atoms with E-state index in [1.807, 2.05) is 0 Å². The molecular formula is C18H18Cl2FN3O3. The summed E-state index contributed by atoms with van der Waals surface area (Å²) < 4.78 is 25.4. The van der Waals surface area contributed by atoms with Crippen LogP contribution < -0.4 is 9.64 Å². The number of amides is 1. The molecule has 144 valence electrons. The van der Waals surface area contributed by atoms with Gasteiger partial charge in [-0.1, -0.05) is 23.2 Å². The van der Waals surface area contributed by atoms with Gasteiger partial charge in [0, 0.05) is 19.3 Å². The van der Waals surface area contributed by atoms with E-state index in [1.165, 1.54) is 31.3 Å². The first-order valence-corrected chi connectivity index (χ1v) is 8.79. The number of methoxy groups -OCH3 is 1.